The van der Waals surface area contributed by atoms with Gasteiger partial charge in [0.2, 0.25) is 11.8 Å². The number of anilines is 1. The molecule has 0 saturated carbocycles. The molecule has 2 aromatic carbocycles. The number of thioether (sulfide) groups is 1. The number of rotatable bonds is 4. The topological polar surface area (TPSA) is 89.0 Å². The highest BCUT2D eigenvalue weighted by Crippen LogP contribution is 2.34. The third kappa shape index (κ3) is 4.40. The van der Waals surface area contributed by atoms with Crippen LogP contribution in [0.4, 0.5) is 11.4 Å². The van der Waals surface area contributed by atoms with Crippen molar-refractivity contribution in [1.29, 1.82) is 0 Å². The number of amidine groups is 1. The van der Waals surface area contributed by atoms with Crippen LogP contribution in [0.2, 0.25) is 5.02 Å². The summed E-state index contributed by atoms with van der Waals surface area (Å²) in [5.41, 5.74) is 1.27. The van der Waals surface area contributed by atoms with E-state index in [0.717, 1.165) is 0 Å². The molecule has 1 atom stereocenters. The molecule has 0 radical (unpaired) electrons. The molecule has 0 aliphatic carbocycles. The highest BCUT2D eigenvalue weighted by molar-refractivity contribution is 8.15. The first-order valence-corrected chi connectivity index (χ1v) is 9.84. The van der Waals surface area contributed by atoms with Crippen LogP contribution in [0.25, 0.3) is 0 Å². The lowest BCUT2D eigenvalue weighted by atomic mass is 10.2. The lowest BCUT2D eigenvalue weighted by Crippen LogP contribution is -2.28. The Hall–Kier alpha value is -2.71. The van der Waals surface area contributed by atoms with Gasteiger partial charge < -0.3 is 20.1 Å². The van der Waals surface area contributed by atoms with Gasteiger partial charge in [-0.15, -0.1) is 0 Å². The highest BCUT2D eigenvalue weighted by Gasteiger charge is 2.32. The fourth-order valence-electron chi connectivity index (χ4n) is 2.72. The van der Waals surface area contributed by atoms with E-state index in [1.165, 1.54) is 11.8 Å². The molecule has 4 rings (SSSR count). The summed E-state index contributed by atoms with van der Waals surface area (Å²) < 4.78 is 11.0. The van der Waals surface area contributed by atoms with Crippen LogP contribution in [0.15, 0.2) is 47.5 Å². The summed E-state index contributed by atoms with van der Waals surface area (Å²) in [4.78, 5) is 28.8. The van der Waals surface area contributed by atoms with Crippen molar-refractivity contribution >= 4 is 51.7 Å². The van der Waals surface area contributed by atoms with Crippen molar-refractivity contribution in [3.8, 4) is 11.5 Å². The Morgan fingerprint density at radius 1 is 1.18 bits per heavy atom. The Bertz CT molecular complexity index is 949. The maximum absolute atomic E-state index is 12.2. The SMILES string of the molecule is O=C(CC1SC(=Nc2ccc3c(c2)OCCO3)NC1=O)Nc1ccc(Cl)cc1. The monoisotopic (exact) mass is 417 g/mol. The fourth-order valence-corrected chi connectivity index (χ4v) is 3.84. The van der Waals surface area contributed by atoms with E-state index in [1.807, 2.05) is 0 Å². The Morgan fingerprint density at radius 3 is 2.71 bits per heavy atom. The van der Waals surface area contributed by atoms with Gasteiger partial charge >= 0.3 is 0 Å². The molecule has 0 aromatic heterocycles. The van der Waals surface area contributed by atoms with Crippen LogP contribution in [0.1, 0.15) is 6.42 Å². The number of nitrogens with one attached hydrogen (secondary N) is 2. The molecule has 0 spiro atoms. The average molecular weight is 418 g/mol. The van der Waals surface area contributed by atoms with E-state index in [9.17, 15) is 9.59 Å². The summed E-state index contributed by atoms with van der Waals surface area (Å²) >= 11 is 7.06. The van der Waals surface area contributed by atoms with Crippen molar-refractivity contribution in [3.63, 3.8) is 0 Å². The van der Waals surface area contributed by atoms with Crippen molar-refractivity contribution in [1.82, 2.24) is 5.32 Å². The number of benzene rings is 2. The summed E-state index contributed by atoms with van der Waals surface area (Å²) in [7, 11) is 0. The maximum Gasteiger partial charge on any atom is 0.240 e. The number of amides is 2. The summed E-state index contributed by atoms with van der Waals surface area (Å²) in [6.07, 6.45) is 0.0410. The number of aliphatic imine (C=N–C) groups is 1. The minimum absolute atomic E-state index is 0.0410. The van der Waals surface area contributed by atoms with Gasteiger partial charge in [0.25, 0.3) is 0 Å². The van der Waals surface area contributed by atoms with E-state index < -0.39 is 5.25 Å². The lowest BCUT2D eigenvalue weighted by Gasteiger charge is -2.18. The fraction of sp³-hybridized carbons (Fsp3) is 0.211. The first-order chi connectivity index (χ1) is 13.6. The summed E-state index contributed by atoms with van der Waals surface area (Å²) in [6, 6.07) is 12.1. The normalized spacial score (nSPS) is 19.4. The minimum Gasteiger partial charge on any atom is -0.486 e. The third-order valence-electron chi connectivity index (χ3n) is 4.03. The first kappa shape index (κ1) is 18.6. The molecular weight excluding hydrogens is 402 g/mol. The predicted molar refractivity (Wildman–Crippen MR) is 109 cm³/mol. The van der Waals surface area contributed by atoms with E-state index in [1.54, 1.807) is 42.5 Å². The van der Waals surface area contributed by atoms with Gasteiger partial charge in [-0.3, -0.25) is 9.59 Å². The van der Waals surface area contributed by atoms with Gasteiger partial charge in [0.05, 0.1) is 5.69 Å². The van der Waals surface area contributed by atoms with E-state index in [4.69, 9.17) is 21.1 Å². The van der Waals surface area contributed by atoms with Crippen LogP contribution < -0.4 is 20.1 Å². The molecule has 0 bridgehead atoms. The third-order valence-corrected chi connectivity index (χ3v) is 5.37. The number of carbonyl (C=O) groups is 2. The van der Waals surface area contributed by atoms with Crippen LogP contribution in [0.3, 0.4) is 0 Å². The number of nitrogens with zero attached hydrogens (tertiary/aromatic N) is 1. The van der Waals surface area contributed by atoms with Gasteiger partial charge in [-0.1, -0.05) is 23.4 Å². The standard InChI is InChI=1S/C19H16ClN3O4S/c20-11-1-3-12(4-2-11)21-17(24)10-16-18(25)23-19(28-16)22-13-5-6-14-15(9-13)27-8-7-26-14/h1-6,9,16H,7-8,10H2,(H,21,24)(H,22,23,25). The first-order valence-electron chi connectivity index (χ1n) is 8.58. The molecule has 2 N–H and O–H groups in total. The van der Waals surface area contributed by atoms with E-state index in [-0.39, 0.29) is 18.2 Å². The van der Waals surface area contributed by atoms with Gasteiger partial charge in [0.1, 0.15) is 18.5 Å². The minimum atomic E-state index is -0.539. The van der Waals surface area contributed by atoms with Crippen LogP contribution in [0, 0.1) is 0 Å². The van der Waals surface area contributed by atoms with Crippen molar-refractivity contribution in [2.45, 2.75) is 11.7 Å². The Kier molecular flexibility index (Phi) is 5.40. The Morgan fingerprint density at radius 2 is 1.93 bits per heavy atom. The Labute approximate surface area is 170 Å². The van der Waals surface area contributed by atoms with Gasteiger partial charge in [-0.05, 0) is 36.4 Å². The number of carbonyl (C=O) groups excluding carboxylic acids is 2. The van der Waals surface area contributed by atoms with Crippen molar-refractivity contribution in [3.05, 3.63) is 47.5 Å². The van der Waals surface area contributed by atoms with Crippen LogP contribution in [-0.4, -0.2) is 35.4 Å². The van der Waals surface area contributed by atoms with Crippen molar-refractivity contribution < 1.29 is 19.1 Å². The largest absolute Gasteiger partial charge is 0.486 e. The molecule has 2 aliphatic rings. The van der Waals surface area contributed by atoms with E-state index in [0.29, 0.717) is 46.3 Å². The van der Waals surface area contributed by atoms with Crippen LogP contribution in [-0.2, 0) is 9.59 Å². The molecule has 1 unspecified atom stereocenters. The molecule has 28 heavy (non-hydrogen) atoms. The number of halogens is 1. The molecule has 1 saturated heterocycles. The zero-order chi connectivity index (χ0) is 19.5. The highest BCUT2D eigenvalue weighted by atomic mass is 35.5. The van der Waals surface area contributed by atoms with E-state index in [2.05, 4.69) is 15.6 Å². The second-order valence-corrected chi connectivity index (χ2v) is 7.73. The zero-order valence-electron chi connectivity index (χ0n) is 14.6. The van der Waals surface area contributed by atoms with Gasteiger partial charge in [-0.2, -0.15) is 0 Å². The molecule has 2 amide bonds. The molecule has 1 fully saturated rings. The molecular formula is C19H16ClN3O4S. The van der Waals surface area contributed by atoms with Crippen molar-refractivity contribution in [2.75, 3.05) is 18.5 Å². The van der Waals surface area contributed by atoms with Crippen molar-refractivity contribution in [2.24, 2.45) is 4.99 Å². The average Bonchev–Trinajstić information content (AvgIpc) is 3.02. The second kappa shape index (κ2) is 8.12. The van der Waals surface area contributed by atoms with Crippen LogP contribution >= 0.6 is 23.4 Å². The summed E-state index contributed by atoms with van der Waals surface area (Å²) in [6.45, 7) is 1.01. The molecule has 2 heterocycles. The molecule has 7 nitrogen and oxygen atoms in total. The van der Waals surface area contributed by atoms with Crippen LogP contribution in [0.5, 0.6) is 11.5 Å². The predicted octanol–water partition coefficient (Wildman–Crippen LogP) is 3.36. The van der Waals surface area contributed by atoms with E-state index >= 15 is 0 Å². The number of hydrogen-bond donors (Lipinski definition) is 2. The quantitative estimate of drug-likeness (QED) is 0.796. The second-order valence-electron chi connectivity index (χ2n) is 6.10. The summed E-state index contributed by atoms with van der Waals surface area (Å²) in [5, 5.41) is 5.97. The van der Waals surface area contributed by atoms with Gasteiger partial charge in [0, 0.05) is 23.2 Å². The lowest BCUT2D eigenvalue weighted by molar-refractivity contribution is -0.122. The van der Waals surface area contributed by atoms with Gasteiger partial charge in [-0.25, -0.2) is 4.99 Å². The van der Waals surface area contributed by atoms with Gasteiger partial charge in [0.15, 0.2) is 16.7 Å². The number of ether oxygens (including phenoxy) is 2. The molecule has 2 aliphatic heterocycles. The molecule has 2 aromatic rings. The maximum atomic E-state index is 12.2. The number of fused-ring (bicyclic) bond motifs is 1. The number of hydrogen-bond acceptors (Lipinski definition) is 6. The smallest absolute Gasteiger partial charge is 0.240 e. The molecule has 144 valence electrons. The Balaban J connectivity index is 1.38. The summed E-state index contributed by atoms with van der Waals surface area (Å²) in [5.74, 6) is 0.805. The zero-order valence-corrected chi connectivity index (χ0v) is 16.2. The molecule has 9 heteroatoms.